The molecule has 2 aromatic rings. The summed E-state index contributed by atoms with van der Waals surface area (Å²) in [7, 11) is 4.56. The molecule has 2 rings (SSSR count). The zero-order chi connectivity index (χ0) is 14.5. The highest BCUT2D eigenvalue weighted by molar-refractivity contribution is 5.77. The van der Waals surface area contributed by atoms with Crippen LogP contribution in [0.1, 0.15) is 5.69 Å². The largest absolute Gasteiger partial charge is 0.493 e. The fraction of sp³-hybridized carbons (Fsp3) is 0.267. The molecule has 5 heteroatoms. The third-order valence-electron chi connectivity index (χ3n) is 3.08. The minimum absolute atomic E-state index is 0.202. The number of hydrogen-bond donors (Lipinski definition) is 1. The Morgan fingerprint density at radius 3 is 2.50 bits per heavy atom. The summed E-state index contributed by atoms with van der Waals surface area (Å²) in [5.41, 5.74) is 2.70. The summed E-state index contributed by atoms with van der Waals surface area (Å²) in [5, 5.41) is 0. The highest BCUT2D eigenvalue weighted by Crippen LogP contribution is 2.33. The van der Waals surface area contributed by atoms with Gasteiger partial charge >= 0.3 is 5.97 Å². The van der Waals surface area contributed by atoms with Crippen molar-refractivity contribution in [3.05, 3.63) is 36.2 Å². The number of carbonyl (C=O) groups excluding carboxylic acids is 1. The number of H-pyrrole nitrogens is 1. The number of hydrogen-bond acceptors (Lipinski definition) is 4. The van der Waals surface area contributed by atoms with Crippen molar-refractivity contribution in [2.75, 3.05) is 21.3 Å². The lowest BCUT2D eigenvalue weighted by atomic mass is 10.0. The van der Waals surface area contributed by atoms with Gasteiger partial charge in [0.1, 0.15) is 0 Å². The van der Waals surface area contributed by atoms with Gasteiger partial charge in [0.15, 0.2) is 11.5 Å². The first-order chi connectivity index (χ1) is 9.69. The molecule has 0 unspecified atom stereocenters. The second-order valence-electron chi connectivity index (χ2n) is 4.19. The van der Waals surface area contributed by atoms with Crippen LogP contribution in [0.25, 0.3) is 11.1 Å². The predicted molar refractivity (Wildman–Crippen MR) is 75.1 cm³/mol. The Morgan fingerprint density at radius 2 is 1.85 bits per heavy atom. The number of carbonyl (C=O) groups is 1. The van der Waals surface area contributed by atoms with E-state index in [9.17, 15) is 4.79 Å². The lowest BCUT2D eigenvalue weighted by Gasteiger charge is -2.10. The van der Waals surface area contributed by atoms with Crippen LogP contribution in [0.5, 0.6) is 11.5 Å². The zero-order valence-electron chi connectivity index (χ0n) is 11.7. The molecular formula is C15H17NO4. The van der Waals surface area contributed by atoms with Crippen molar-refractivity contribution in [1.82, 2.24) is 4.98 Å². The van der Waals surface area contributed by atoms with Crippen molar-refractivity contribution >= 4 is 5.97 Å². The number of nitrogens with one attached hydrogen (secondary N) is 1. The molecule has 0 amide bonds. The highest BCUT2D eigenvalue weighted by Gasteiger charge is 2.13. The first-order valence-electron chi connectivity index (χ1n) is 6.15. The van der Waals surface area contributed by atoms with E-state index in [0.29, 0.717) is 11.5 Å². The molecule has 0 saturated carbocycles. The fourth-order valence-corrected chi connectivity index (χ4v) is 2.04. The SMILES string of the molecule is COC(=O)Cc1[nH]ccc1-c1ccc(OC)c(OC)c1. The molecule has 0 radical (unpaired) electrons. The van der Waals surface area contributed by atoms with Crippen molar-refractivity contribution < 1.29 is 19.0 Å². The summed E-state index contributed by atoms with van der Waals surface area (Å²) in [6, 6.07) is 7.55. The van der Waals surface area contributed by atoms with E-state index in [4.69, 9.17) is 14.2 Å². The van der Waals surface area contributed by atoms with Gasteiger partial charge in [0, 0.05) is 17.5 Å². The van der Waals surface area contributed by atoms with E-state index in [1.165, 1.54) is 7.11 Å². The number of rotatable bonds is 5. The van der Waals surface area contributed by atoms with Crippen LogP contribution >= 0.6 is 0 Å². The van der Waals surface area contributed by atoms with Crippen LogP contribution in [0.4, 0.5) is 0 Å². The molecule has 106 valence electrons. The Labute approximate surface area is 117 Å². The molecule has 5 nitrogen and oxygen atoms in total. The van der Waals surface area contributed by atoms with Crippen molar-refractivity contribution in [1.29, 1.82) is 0 Å². The van der Waals surface area contributed by atoms with E-state index >= 15 is 0 Å². The minimum Gasteiger partial charge on any atom is -0.493 e. The predicted octanol–water partition coefficient (Wildman–Crippen LogP) is 2.41. The number of methoxy groups -OCH3 is 3. The molecule has 0 saturated heterocycles. The van der Waals surface area contributed by atoms with Crippen LogP contribution in [0.3, 0.4) is 0 Å². The molecule has 0 aliphatic heterocycles. The van der Waals surface area contributed by atoms with Crippen molar-refractivity contribution in [2.45, 2.75) is 6.42 Å². The summed E-state index contributed by atoms with van der Waals surface area (Å²) in [6.45, 7) is 0. The Balaban J connectivity index is 2.37. The molecule has 1 heterocycles. The number of esters is 1. The fourth-order valence-electron chi connectivity index (χ4n) is 2.04. The van der Waals surface area contributed by atoms with E-state index in [1.807, 2.05) is 24.3 Å². The average molecular weight is 275 g/mol. The monoisotopic (exact) mass is 275 g/mol. The molecule has 0 aliphatic carbocycles. The van der Waals surface area contributed by atoms with Gasteiger partial charge in [-0.25, -0.2) is 0 Å². The summed E-state index contributed by atoms with van der Waals surface area (Å²) >= 11 is 0. The number of ether oxygens (including phenoxy) is 3. The summed E-state index contributed by atoms with van der Waals surface area (Å²) in [6.07, 6.45) is 2.00. The Bertz CT molecular complexity index is 604. The average Bonchev–Trinajstić information content (AvgIpc) is 2.94. The molecule has 1 N–H and O–H groups in total. The first kappa shape index (κ1) is 14.0. The molecule has 1 aromatic heterocycles. The standard InChI is InChI=1S/C15H17NO4/c1-18-13-5-4-10(8-14(13)19-2)11-6-7-16-12(11)9-15(17)20-3/h4-8,16H,9H2,1-3H3. The van der Waals surface area contributed by atoms with Crippen LogP contribution < -0.4 is 9.47 Å². The van der Waals surface area contributed by atoms with E-state index in [0.717, 1.165) is 16.8 Å². The molecule has 0 spiro atoms. The second-order valence-corrected chi connectivity index (χ2v) is 4.19. The lowest BCUT2D eigenvalue weighted by Crippen LogP contribution is -2.05. The Kier molecular flexibility index (Phi) is 4.30. The zero-order valence-corrected chi connectivity index (χ0v) is 11.7. The minimum atomic E-state index is -0.283. The van der Waals surface area contributed by atoms with Crippen LogP contribution in [0.2, 0.25) is 0 Å². The van der Waals surface area contributed by atoms with Crippen LogP contribution in [-0.2, 0) is 16.0 Å². The van der Waals surface area contributed by atoms with Crippen LogP contribution in [0.15, 0.2) is 30.5 Å². The molecular weight excluding hydrogens is 258 g/mol. The molecule has 0 fully saturated rings. The van der Waals surface area contributed by atoms with Crippen molar-refractivity contribution in [3.63, 3.8) is 0 Å². The van der Waals surface area contributed by atoms with Gasteiger partial charge in [-0.1, -0.05) is 6.07 Å². The molecule has 20 heavy (non-hydrogen) atoms. The van der Waals surface area contributed by atoms with E-state index in [2.05, 4.69) is 4.98 Å². The number of aromatic nitrogens is 1. The van der Waals surface area contributed by atoms with Gasteiger partial charge in [0.25, 0.3) is 0 Å². The number of aromatic amines is 1. The second kappa shape index (κ2) is 6.14. The van der Waals surface area contributed by atoms with Crippen molar-refractivity contribution in [3.8, 4) is 22.6 Å². The quantitative estimate of drug-likeness (QED) is 0.851. The normalized spacial score (nSPS) is 10.2. The molecule has 0 aliphatic rings. The van der Waals surface area contributed by atoms with E-state index in [-0.39, 0.29) is 12.4 Å². The lowest BCUT2D eigenvalue weighted by molar-refractivity contribution is -0.139. The van der Waals surface area contributed by atoms with Gasteiger partial charge in [0.05, 0.1) is 27.8 Å². The van der Waals surface area contributed by atoms with Gasteiger partial charge < -0.3 is 19.2 Å². The maximum Gasteiger partial charge on any atom is 0.311 e. The summed E-state index contributed by atoms with van der Waals surface area (Å²) in [5.74, 6) is 1.03. The smallest absolute Gasteiger partial charge is 0.311 e. The molecule has 0 bridgehead atoms. The van der Waals surface area contributed by atoms with Gasteiger partial charge in [0.2, 0.25) is 0 Å². The maximum atomic E-state index is 11.4. The first-order valence-corrected chi connectivity index (χ1v) is 6.15. The van der Waals surface area contributed by atoms with Gasteiger partial charge in [-0.05, 0) is 23.8 Å². The van der Waals surface area contributed by atoms with E-state index < -0.39 is 0 Å². The highest BCUT2D eigenvalue weighted by atomic mass is 16.5. The van der Waals surface area contributed by atoms with Gasteiger partial charge in [-0.2, -0.15) is 0 Å². The summed E-state index contributed by atoms with van der Waals surface area (Å²) in [4.78, 5) is 14.5. The van der Waals surface area contributed by atoms with E-state index in [1.54, 1.807) is 20.4 Å². The topological polar surface area (TPSA) is 60.6 Å². The number of benzene rings is 1. The van der Waals surface area contributed by atoms with Gasteiger partial charge in [-0.15, -0.1) is 0 Å². The molecule has 1 aromatic carbocycles. The van der Waals surface area contributed by atoms with Gasteiger partial charge in [-0.3, -0.25) is 4.79 Å². The summed E-state index contributed by atoms with van der Waals surface area (Å²) < 4.78 is 15.2. The maximum absolute atomic E-state index is 11.4. The Hall–Kier alpha value is -2.43. The van der Waals surface area contributed by atoms with Crippen molar-refractivity contribution in [2.24, 2.45) is 0 Å². The van der Waals surface area contributed by atoms with Crippen LogP contribution in [-0.4, -0.2) is 32.3 Å². The third-order valence-corrected chi connectivity index (χ3v) is 3.08. The Morgan fingerprint density at radius 1 is 1.10 bits per heavy atom. The third kappa shape index (κ3) is 2.77. The van der Waals surface area contributed by atoms with Crippen LogP contribution in [0, 0.1) is 0 Å². The molecule has 0 atom stereocenters.